The number of benzene rings is 2. The number of carbonyl (C=O) groups excluding carboxylic acids is 1. The van der Waals surface area contributed by atoms with Gasteiger partial charge in [-0.15, -0.1) is 0 Å². The molecule has 0 aromatic heterocycles. The fourth-order valence-corrected chi connectivity index (χ4v) is 3.36. The molecule has 7 heteroatoms. The van der Waals surface area contributed by atoms with E-state index in [-0.39, 0.29) is 12.4 Å². The predicted molar refractivity (Wildman–Crippen MR) is 113 cm³/mol. The minimum atomic E-state index is -0.855. The van der Waals surface area contributed by atoms with Gasteiger partial charge < -0.3 is 9.84 Å². The van der Waals surface area contributed by atoms with Crippen molar-refractivity contribution in [2.75, 3.05) is 24.8 Å². The summed E-state index contributed by atoms with van der Waals surface area (Å²) in [5.41, 5.74) is 2.60. The second-order valence-electron chi connectivity index (χ2n) is 7.05. The van der Waals surface area contributed by atoms with Crippen LogP contribution < -0.4 is 5.06 Å². The standard InChI is InChI=1S/C23H27FN2O4/c1-3-29-23(28)26(21-7-5-4-6-8-21)30-22(17(2)27)25-15-13-19(14-16-25)18-9-11-20(24)12-10-18/h4-13,17,22,27H,3,14-16H2,1-2H3. The van der Waals surface area contributed by atoms with Gasteiger partial charge in [0.1, 0.15) is 5.82 Å². The van der Waals surface area contributed by atoms with E-state index in [0.29, 0.717) is 25.2 Å². The van der Waals surface area contributed by atoms with Gasteiger partial charge >= 0.3 is 6.09 Å². The topological polar surface area (TPSA) is 62.2 Å². The summed E-state index contributed by atoms with van der Waals surface area (Å²) >= 11 is 0. The quantitative estimate of drug-likeness (QED) is 0.688. The van der Waals surface area contributed by atoms with Crippen molar-refractivity contribution in [3.8, 4) is 0 Å². The van der Waals surface area contributed by atoms with E-state index in [9.17, 15) is 14.3 Å². The molecule has 1 N–H and O–H groups in total. The molecule has 160 valence electrons. The number of para-hydroxylation sites is 1. The number of hydrogen-bond donors (Lipinski definition) is 1. The van der Waals surface area contributed by atoms with Crippen molar-refractivity contribution < 1.29 is 23.9 Å². The number of ether oxygens (including phenoxy) is 1. The van der Waals surface area contributed by atoms with Gasteiger partial charge in [-0.3, -0.25) is 4.90 Å². The Morgan fingerprint density at radius 1 is 1.20 bits per heavy atom. The highest BCUT2D eigenvalue weighted by Crippen LogP contribution is 2.26. The molecule has 0 saturated heterocycles. The molecule has 6 nitrogen and oxygen atoms in total. The van der Waals surface area contributed by atoms with Gasteiger partial charge in [-0.05, 0) is 55.7 Å². The zero-order valence-corrected chi connectivity index (χ0v) is 17.2. The van der Waals surface area contributed by atoms with Gasteiger partial charge in [0, 0.05) is 13.1 Å². The Labute approximate surface area is 176 Å². The lowest BCUT2D eigenvalue weighted by atomic mass is 9.99. The van der Waals surface area contributed by atoms with Gasteiger partial charge in [0.05, 0.1) is 18.4 Å². The number of hydrogen-bond acceptors (Lipinski definition) is 5. The molecule has 1 aliphatic rings. The number of hydroxylamine groups is 1. The summed E-state index contributed by atoms with van der Waals surface area (Å²) in [6, 6.07) is 15.3. The number of carbonyl (C=O) groups is 1. The summed E-state index contributed by atoms with van der Waals surface area (Å²) in [4.78, 5) is 20.4. The number of nitrogens with zero attached hydrogens (tertiary/aromatic N) is 2. The van der Waals surface area contributed by atoms with Crippen LogP contribution in [-0.2, 0) is 9.57 Å². The van der Waals surface area contributed by atoms with Crippen LogP contribution in [0.2, 0.25) is 0 Å². The molecule has 0 fully saturated rings. The van der Waals surface area contributed by atoms with Crippen molar-refractivity contribution in [1.82, 2.24) is 4.90 Å². The maximum absolute atomic E-state index is 13.2. The number of amides is 1. The zero-order chi connectivity index (χ0) is 21.5. The lowest BCUT2D eigenvalue weighted by molar-refractivity contribution is -0.121. The Morgan fingerprint density at radius 2 is 1.90 bits per heavy atom. The van der Waals surface area contributed by atoms with Gasteiger partial charge in [-0.2, -0.15) is 5.06 Å². The van der Waals surface area contributed by atoms with Crippen molar-refractivity contribution in [3.05, 3.63) is 72.1 Å². The highest BCUT2D eigenvalue weighted by atomic mass is 19.1. The highest BCUT2D eigenvalue weighted by molar-refractivity contribution is 5.85. The number of aliphatic hydroxyl groups excluding tert-OH is 1. The molecule has 1 amide bonds. The van der Waals surface area contributed by atoms with Crippen molar-refractivity contribution in [2.24, 2.45) is 0 Å². The molecule has 0 saturated carbocycles. The van der Waals surface area contributed by atoms with E-state index in [1.165, 1.54) is 12.1 Å². The van der Waals surface area contributed by atoms with Gasteiger partial charge in [0.2, 0.25) is 0 Å². The van der Waals surface area contributed by atoms with E-state index < -0.39 is 18.4 Å². The van der Waals surface area contributed by atoms with Crippen molar-refractivity contribution >= 4 is 17.4 Å². The van der Waals surface area contributed by atoms with E-state index in [2.05, 4.69) is 0 Å². The van der Waals surface area contributed by atoms with Crippen LogP contribution in [0.15, 0.2) is 60.7 Å². The second kappa shape index (κ2) is 10.3. The van der Waals surface area contributed by atoms with Crippen LogP contribution in [-0.4, -0.2) is 48.1 Å². The first kappa shape index (κ1) is 22.0. The summed E-state index contributed by atoms with van der Waals surface area (Å²) < 4.78 is 18.3. The van der Waals surface area contributed by atoms with E-state index in [4.69, 9.17) is 9.57 Å². The minimum absolute atomic E-state index is 0.207. The average molecular weight is 414 g/mol. The minimum Gasteiger partial charge on any atom is -0.448 e. The molecule has 2 aromatic rings. The third kappa shape index (κ3) is 5.44. The second-order valence-corrected chi connectivity index (χ2v) is 7.05. The first-order chi connectivity index (χ1) is 14.5. The molecule has 3 rings (SSSR count). The average Bonchev–Trinajstić information content (AvgIpc) is 2.76. The van der Waals surface area contributed by atoms with E-state index in [0.717, 1.165) is 16.2 Å². The monoisotopic (exact) mass is 414 g/mol. The molecular weight excluding hydrogens is 387 g/mol. The van der Waals surface area contributed by atoms with E-state index in [1.807, 2.05) is 17.0 Å². The molecule has 1 aliphatic heterocycles. The third-order valence-electron chi connectivity index (χ3n) is 4.87. The predicted octanol–water partition coefficient (Wildman–Crippen LogP) is 4.22. The maximum atomic E-state index is 13.2. The molecule has 0 aliphatic carbocycles. The lowest BCUT2D eigenvalue weighted by Crippen LogP contribution is -2.51. The Balaban J connectivity index is 1.76. The van der Waals surface area contributed by atoms with Crippen LogP contribution in [0, 0.1) is 5.82 Å². The Kier molecular flexibility index (Phi) is 7.57. The van der Waals surface area contributed by atoms with Crippen LogP contribution in [0.4, 0.5) is 14.9 Å². The highest BCUT2D eigenvalue weighted by Gasteiger charge is 2.31. The van der Waals surface area contributed by atoms with Gasteiger partial charge in [0.15, 0.2) is 6.23 Å². The van der Waals surface area contributed by atoms with Crippen LogP contribution in [0.1, 0.15) is 25.8 Å². The molecule has 0 radical (unpaired) electrons. The number of rotatable bonds is 7. The summed E-state index contributed by atoms with van der Waals surface area (Å²) in [6.07, 6.45) is 0.497. The molecule has 2 aromatic carbocycles. The fourth-order valence-electron chi connectivity index (χ4n) is 3.36. The molecule has 0 bridgehead atoms. The number of aliphatic hydroxyl groups is 1. The van der Waals surface area contributed by atoms with Crippen molar-refractivity contribution in [3.63, 3.8) is 0 Å². The van der Waals surface area contributed by atoms with Crippen LogP contribution in [0.5, 0.6) is 0 Å². The third-order valence-corrected chi connectivity index (χ3v) is 4.87. The SMILES string of the molecule is CCOC(=O)N(OC(C(C)O)N1CC=C(c2ccc(F)cc2)CC1)c1ccccc1. The van der Waals surface area contributed by atoms with Gasteiger partial charge in [-0.25, -0.2) is 14.0 Å². The normalized spacial score (nSPS) is 16.5. The first-order valence-corrected chi connectivity index (χ1v) is 10.1. The Hall–Kier alpha value is -2.74. The lowest BCUT2D eigenvalue weighted by Gasteiger charge is -2.37. The molecule has 2 atom stereocenters. The van der Waals surface area contributed by atoms with Crippen LogP contribution in [0.3, 0.4) is 0 Å². The van der Waals surface area contributed by atoms with E-state index in [1.54, 1.807) is 50.2 Å². The van der Waals surface area contributed by atoms with Crippen LogP contribution in [0.25, 0.3) is 5.57 Å². The zero-order valence-electron chi connectivity index (χ0n) is 17.2. The van der Waals surface area contributed by atoms with Gasteiger partial charge in [0.25, 0.3) is 0 Å². The van der Waals surface area contributed by atoms with E-state index >= 15 is 0 Å². The maximum Gasteiger partial charge on any atom is 0.438 e. The molecule has 30 heavy (non-hydrogen) atoms. The van der Waals surface area contributed by atoms with Crippen LogP contribution >= 0.6 is 0 Å². The summed E-state index contributed by atoms with van der Waals surface area (Å²) in [7, 11) is 0. The summed E-state index contributed by atoms with van der Waals surface area (Å²) in [5.74, 6) is -0.265. The first-order valence-electron chi connectivity index (χ1n) is 10.1. The summed E-state index contributed by atoms with van der Waals surface area (Å²) in [6.45, 7) is 4.69. The Bertz CT molecular complexity index is 855. The molecule has 1 heterocycles. The van der Waals surface area contributed by atoms with Crippen molar-refractivity contribution in [1.29, 1.82) is 0 Å². The largest absolute Gasteiger partial charge is 0.448 e. The summed E-state index contributed by atoms with van der Waals surface area (Å²) in [5, 5.41) is 11.5. The molecule has 0 spiro atoms. The molecular formula is C23H27FN2O4. The fraction of sp³-hybridized carbons (Fsp3) is 0.348. The van der Waals surface area contributed by atoms with Crippen molar-refractivity contribution in [2.45, 2.75) is 32.6 Å². The smallest absolute Gasteiger partial charge is 0.438 e. The number of halogens is 1. The molecule has 2 unspecified atom stereocenters. The number of anilines is 1. The Morgan fingerprint density at radius 3 is 2.47 bits per heavy atom. The van der Waals surface area contributed by atoms with Gasteiger partial charge in [-0.1, -0.05) is 36.4 Å².